The van der Waals surface area contributed by atoms with Gasteiger partial charge in [0.1, 0.15) is 5.69 Å². The zero-order chi connectivity index (χ0) is 20.4. The number of hydrogen-bond acceptors (Lipinski definition) is 5. The quantitative estimate of drug-likeness (QED) is 0.828. The van der Waals surface area contributed by atoms with E-state index >= 15 is 0 Å². The Bertz CT molecular complexity index is 864. The average Bonchev–Trinajstić information content (AvgIpc) is 3.36. The van der Waals surface area contributed by atoms with E-state index in [0.29, 0.717) is 6.04 Å². The molecule has 8 heteroatoms. The van der Waals surface area contributed by atoms with Gasteiger partial charge < -0.3 is 15.5 Å². The van der Waals surface area contributed by atoms with Gasteiger partial charge >= 0.3 is 6.03 Å². The third kappa shape index (κ3) is 4.21. The van der Waals surface area contributed by atoms with Gasteiger partial charge in [-0.15, -0.1) is 10.2 Å². The van der Waals surface area contributed by atoms with Crippen LogP contribution >= 0.6 is 0 Å². The zero-order valence-corrected chi connectivity index (χ0v) is 17.6. The molecule has 2 aromatic rings. The Morgan fingerprint density at radius 2 is 1.66 bits per heavy atom. The van der Waals surface area contributed by atoms with Crippen LogP contribution in [0.3, 0.4) is 0 Å². The van der Waals surface area contributed by atoms with E-state index in [0.717, 1.165) is 67.1 Å². The second kappa shape index (κ2) is 8.39. The number of carbonyl (C=O) groups excluding carboxylic acids is 1. The number of carbonyl (C=O) groups is 1. The molecular formula is C21H31N7O. The molecule has 4 rings (SSSR count). The molecule has 156 valence electrons. The summed E-state index contributed by atoms with van der Waals surface area (Å²) in [6, 6.07) is 2.52. The predicted molar refractivity (Wildman–Crippen MR) is 113 cm³/mol. The van der Waals surface area contributed by atoms with Gasteiger partial charge in [0.15, 0.2) is 5.82 Å². The van der Waals surface area contributed by atoms with Crippen molar-refractivity contribution in [1.82, 2.24) is 30.6 Å². The fourth-order valence-corrected chi connectivity index (χ4v) is 4.46. The van der Waals surface area contributed by atoms with Crippen LogP contribution < -0.4 is 15.5 Å². The first-order chi connectivity index (χ1) is 14.0. The highest BCUT2D eigenvalue weighted by Gasteiger charge is 2.25. The summed E-state index contributed by atoms with van der Waals surface area (Å²) in [6.45, 7) is 5.94. The van der Waals surface area contributed by atoms with Gasteiger partial charge in [0.2, 0.25) is 0 Å². The molecule has 0 bridgehead atoms. The van der Waals surface area contributed by atoms with Gasteiger partial charge in [-0.1, -0.05) is 12.8 Å². The molecule has 2 aromatic heterocycles. The van der Waals surface area contributed by atoms with Gasteiger partial charge in [0.05, 0.1) is 5.69 Å². The van der Waals surface area contributed by atoms with Crippen LogP contribution in [-0.4, -0.2) is 51.2 Å². The summed E-state index contributed by atoms with van der Waals surface area (Å²) in [5.74, 6) is 0.947. The number of aryl methyl sites for hydroxylation is 1. The SMILES string of the molecule is Cc1c(-c2ccnn2C)nnc(N2CCC(NC(=O)NC3CCCC3)CC2)c1C. The van der Waals surface area contributed by atoms with Gasteiger partial charge in [-0.3, -0.25) is 4.68 Å². The zero-order valence-electron chi connectivity index (χ0n) is 17.6. The van der Waals surface area contributed by atoms with E-state index in [1.807, 2.05) is 17.8 Å². The minimum atomic E-state index is -0.0114. The molecule has 0 radical (unpaired) electrons. The molecule has 0 aromatic carbocycles. The average molecular weight is 398 g/mol. The number of anilines is 1. The Balaban J connectivity index is 1.36. The summed E-state index contributed by atoms with van der Waals surface area (Å²) in [5, 5.41) is 19.6. The second-order valence-electron chi connectivity index (χ2n) is 8.32. The van der Waals surface area contributed by atoms with Gasteiger partial charge in [-0.25, -0.2) is 4.79 Å². The maximum atomic E-state index is 12.2. The minimum Gasteiger partial charge on any atom is -0.355 e. The minimum absolute atomic E-state index is 0.0114. The van der Waals surface area contributed by atoms with Crippen molar-refractivity contribution in [2.75, 3.05) is 18.0 Å². The van der Waals surface area contributed by atoms with Gasteiger partial charge in [-0.2, -0.15) is 5.10 Å². The normalized spacial score (nSPS) is 18.2. The fourth-order valence-electron chi connectivity index (χ4n) is 4.46. The van der Waals surface area contributed by atoms with Crippen LogP contribution in [0, 0.1) is 13.8 Å². The number of amides is 2. The van der Waals surface area contributed by atoms with Crippen LogP contribution in [0.1, 0.15) is 49.7 Å². The molecule has 1 saturated carbocycles. The number of aromatic nitrogens is 4. The Morgan fingerprint density at radius 3 is 2.28 bits per heavy atom. The van der Waals surface area contributed by atoms with Crippen LogP contribution in [0.2, 0.25) is 0 Å². The van der Waals surface area contributed by atoms with Crippen molar-refractivity contribution in [3.63, 3.8) is 0 Å². The highest BCUT2D eigenvalue weighted by atomic mass is 16.2. The largest absolute Gasteiger partial charge is 0.355 e. The molecule has 2 fully saturated rings. The van der Waals surface area contributed by atoms with E-state index in [-0.39, 0.29) is 12.1 Å². The first-order valence-corrected chi connectivity index (χ1v) is 10.7. The number of piperidine rings is 1. The van der Waals surface area contributed by atoms with E-state index in [4.69, 9.17) is 0 Å². The molecule has 2 N–H and O–H groups in total. The highest BCUT2D eigenvalue weighted by molar-refractivity contribution is 5.74. The molecule has 8 nitrogen and oxygen atoms in total. The second-order valence-corrected chi connectivity index (χ2v) is 8.32. The fraction of sp³-hybridized carbons (Fsp3) is 0.619. The van der Waals surface area contributed by atoms with Crippen LogP contribution in [0.5, 0.6) is 0 Å². The number of nitrogens with zero attached hydrogens (tertiary/aromatic N) is 5. The summed E-state index contributed by atoms with van der Waals surface area (Å²) in [7, 11) is 1.92. The molecule has 1 saturated heterocycles. The van der Waals surface area contributed by atoms with Crippen LogP contribution in [-0.2, 0) is 7.05 Å². The summed E-state index contributed by atoms with van der Waals surface area (Å²) in [5.41, 5.74) is 4.14. The molecule has 0 spiro atoms. The Hall–Kier alpha value is -2.64. The summed E-state index contributed by atoms with van der Waals surface area (Å²) in [6.07, 6.45) is 8.28. The Kier molecular flexibility index (Phi) is 5.69. The lowest BCUT2D eigenvalue weighted by Crippen LogP contribution is -2.50. The van der Waals surface area contributed by atoms with Crippen molar-refractivity contribution in [2.45, 2.75) is 64.5 Å². The van der Waals surface area contributed by atoms with Crippen LogP contribution in [0.25, 0.3) is 11.4 Å². The van der Waals surface area contributed by atoms with Gasteiger partial charge in [0, 0.05) is 38.4 Å². The lowest BCUT2D eigenvalue weighted by atomic mass is 10.0. The van der Waals surface area contributed by atoms with Crippen molar-refractivity contribution in [2.24, 2.45) is 7.05 Å². The van der Waals surface area contributed by atoms with Crippen molar-refractivity contribution in [3.05, 3.63) is 23.4 Å². The third-order valence-corrected chi connectivity index (χ3v) is 6.38. The lowest BCUT2D eigenvalue weighted by Gasteiger charge is -2.34. The monoisotopic (exact) mass is 397 g/mol. The van der Waals surface area contributed by atoms with Gasteiger partial charge in [0.25, 0.3) is 0 Å². The Labute approximate surface area is 172 Å². The molecule has 3 heterocycles. The van der Waals surface area contributed by atoms with Crippen molar-refractivity contribution in [3.8, 4) is 11.4 Å². The maximum Gasteiger partial charge on any atom is 0.315 e. The molecule has 2 aliphatic rings. The third-order valence-electron chi connectivity index (χ3n) is 6.38. The molecule has 1 aliphatic heterocycles. The molecular weight excluding hydrogens is 366 g/mol. The van der Waals surface area contributed by atoms with Crippen LogP contribution in [0.15, 0.2) is 12.3 Å². The lowest BCUT2D eigenvalue weighted by molar-refractivity contribution is 0.230. The highest BCUT2D eigenvalue weighted by Crippen LogP contribution is 2.28. The van der Waals surface area contributed by atoms with E-state index in [1.54, 1.807) is 6.20 Å². The first kappa shape index (κ1) is 19.7. The molecule has 0 atom stereocenters. The van der Waals surface area contributed by atoms with Crippen molar-refractivity contribution >= 4 is 11.8 Å². The summed E-state index contributed by atoms with van der Waals surface area (Å²) in [4.78, 5) is 14.5. The van der Waals surface area contributed by atoms with Crippen molar-refractivity contribution in [1.29, 1.82) is 0 Å². The number of nitrogens with one attached hydrogen (secondary N) is 2. The van der Waals surface area contributed by atoms with E-state index in [2.05, 4.69) is 44.7 Å². The molecule has 1 aliphatic carbocycles. The molecule has 2 amide bonds. The number of rotatable bonds is 4. The van der Waals surface area contributed by atoms with Crippen LogP contribution in [0.4, 0.5) is 10.6 Å². The molecule has 29 heavy (non-hydrogen) atoms. The maximum absolute atomic E-state index is 12.2. The first-order valence-electron chi connectivity index (χ1n) is 10.7. The smallest absolute Gasteiger partial charge is 0.315 e. The summed E-state index contributed by atoms with van der Waals surface area (Å²) < 4.78 is 1.82. The van der Waals surface area contributed by atoms with E-state index in [9.17, 15) is 4.79 Å². The topological polar surface area (TPSA) is 88.0 Å². The van der Waals surface area contributed by atoms with Gasteiger partial charge in [-0.05, 0) is 56.7 Å². The Morgan fingerprint density at radius 1 is 1.00 bits per heavy atom. The summed E-state index contributed by atoms with van der Waals surface area (Å²) >= 11 is 0. The molecule has 0 unspecified atom stereocenters. The van der Waals surface area contributed by atoms with E-state index in [1.165, 1.54) is 12.8 Å². The van der Waals surface area contributed by atoms with E-state index < -0.39 is 0 Å². The standard InChI is InChI=1S/C21H31N7O/c1-14-15(2)20(26-25-19(14)18-8-11-22-27(18)3)28-12-9-17(10-13-28)24-21(29)23-16-6-4-5-7-16/h8,11,16-17H,4-7,9-10,12-13H2,1-3H3,(H2,23,24,29). The number of urea groups is 1. The van der Waals surface area contributed by atoms with Crippen molar-refractivity contribution < 1.29 is 4.79 Å². The number of hydrogen-bond donors (Lipinski definition) is 2. The predicted octanol–water partition coefficient (Wildman–Crippen LogP) is 2.70.